The molecule has 6 nitrogen and oxygen atoms in total. The van der Waals surface area contributed by atoms with E-state index in [0.717, 1.165) is 20.5 Å². The number of benzene rings is 1. The van der Waals surface area contributed by atoms with Crippen LogP contribution in [0.1, 0.15) is 23.9 Å². The first-order valence-electron chi connectivity index (χ1n) is 8.93. The van der Waals surface area contributed by atoms with Crippen molar-refractivity contribution in [1.82, 2.24) is 19.6 Å². The van der Waals surface area contributed by atoms with Crippen molar-refractivity contribution in [2.75, 3.05) is 5.32 Å². The van der Waals surface area contributed by atoms with Crippen LogP contribution in [-0.2, 0) is 17.9 Å². The summed E-state index contributed by atoms with van der Waals surface area (Å²) in [5, 5.41) is 10.9. The Labute approximate surface area is 178 Å². The summed E-state index contributed by atoms with van der Waals surface area (Å²) in [6.45, 7) is 5.35. The zero-order chi connectivity index (χ0) is 22.2. The van der Waals surface area contributed by atoms with E-state index in [1.54, 1.807) is 11.6 Å². The molecule has 0 aliphatic carbocycles. The number of amides is 1. The van der Waals surface area contributed by atoms with E-state index in [1.165, 1.54) is 12.4 Å². The fourth-order valence-electron chi connectivity index (χ4n) is 2.89. The van der Waals surface area contributed by atoms with Crippen LogP contribution in [0.4, 0.5) is 23.2 Å². The zero-order valence-corrected chi connectivity index (χ0v) is 17.9. The van der Waals surface area contributed by atoms with Crippen LogP contribution in [0.2, 0.25) is 0 Å². The molecule has 1 amide bonds. The highest BCUT2D eigenvalue weighted by Gasteiger charge is 2.21. The molecule has 0 aliphatic heterocycles. The monoisotopic (exact) mass is 487 g/mol. The van der Waals surface area contributed by atoms with Gasteiger partial charge in [-0.05, 0) is 29.8 Å². The lowest BCUT2D eigenvalue weighted by atomic mass is 10.1. The summed E-state index contributed by atoms with van der Waals surface area (Å²) in [5.74, 6) is -6.93. The Hall–Kier alpha value is -2.69. The quantitative estimate of drug-likeness (QED) is 0.319. The van der Waals surface area contributed by atoms with Gasteiger partial charge in [0.05, 0.1) is 41.1 Å². The number of aromatic nitrogens is 4. The maximum Gasteiger partial charge on any atom is 0.229 e. The van der Waals surface area contributed by atoms with Crippen LogP contribution in [0, 0.1) is 43.0 Å². The molecule has 0 radical (unpaired) electrons. The van der Waals surface area contributed by atoms with Gasteiger partial charge in [0.1, 0.15) is 5.82 Å². The van der Waals surface area contributed by atoms with Crippen molar-refractivity contribution < 1.29 is 22.4 Å². The van der Waals surface area contributed by atoms with Crippen molar-refractivity contribution in [2.45, 2.75) is 33.9 Å². The number of nitrogens with one attached hydrogen (secondary N) is 1. The smallest absolute Gasteiger partial charge is 0.229 e. The van der Waals surface area contributed by atoms with Crippen LogP contribution >= 0.6 is 15.9 Å². The van der Waals surface area contributed by atoms with E-state index in [0.29, 0.717) is 12.2 Å². The molecule has 0 saturated carbocycles. The second-order valence-electron chi connectivity index (χ2n) is 6.93. The van der Waals surface area contributed by atoms with Crippen molar-refractivity contribution >= 4 is 27.5 Å². The average molecular weight is 488 g/mol. The molecule has 2 heterocycles. The Balaban J connectivity index is 1.67. The fourth-order valence-corrected chi connectivity index (χ4v) is 3.17. The maximum absolute atomic E-state index is 13.8. The van der Waals surface area contributed by atoms with Crippen molar-refractivity contribution in [3.63, 3.8) is 0 Å². The van der Waals surface area contributed by atoms with Gasteiger partial charge >= 0.3 is 0 Å². The lowest BCUT2D eigenvalue weighted by molar-refractivity contribution is -0.119. The highest BCUT2D eigenvalue weighted by atomic mass is 79.9. The minimum Gasteiger partial charge on any atom is -0.323 e. The van der Waals surface area contributed by atoms with Gasteiger partial charge in [-0.1, -0.05) is 6.92 Å². The summed E-state index contributed by atoms with van der Waals surface area (Å²) < 4.78 is 57.8. The third kappa shape index (κ3) is 4.40. The van der Waals surface area contributed by atoms with Gasteiger partial charge in [0, 0.05) is 23.5 Å². The number of hydrogen-bond donors (Lipinski definition) is 1. The van der Waals surface area contributed by atoms with Crippen LogP contribution in [0.15, 0.2) is 22.9 Å². The average Bonchev–Trinajstić information content (AvgIpc) is 3.23. The number of nitrogens with zero attached hydrogens (tertiary/aromatic N) is 4. The molecule has 11 heteroatoms. The third-order valence-corrected chi connectivity index (χ3v) is 5.77. The standard InChI is InChI=1S/C19H18BrF4N5O/c1-9(6-29-11(3)16(20)10(2)27-29)19(30)26-12-5-25-28(7-12)8-13-14(21)4-15(22)18(24)17(13)23/h4-5,7,9H,6,8H2,1-3H3,(H,26,30). The predicted molar refractivity (Wildman–Crippen MR) is 105 cm³/mol. The number of carbonyl (C=O) groups excluding carboxylic acids is 1. The van der Waals surface area contributed by atoms with Gasteiger partial charge in [0.25, 0.3) is 0 Å². The molecule has 1 N–H and O–H groups in total. The number of rotatable bonds is 6. The Bertz CT molecular complexity index is 1110. The topological polar surface area (TPSA) is 64.7 Å². The summed E-state index contributed by atoms with van der Waals surface area (Å²) in [4.78, 5) is 12.5. The normalized spacial score (nSPS) is 12.3. The van der Waals surface area contributed by atoms with Crippen molar-refractivity contribution in [3.05, 3.63) is 63.2 Å². The van der Waals surface area contributed by atoms with Crippen molar-refractivity contribution in [3.8, 4) is 0 Å². The van der Waals surface area contributed by atoms with Gasteiger partial charge < -0.3 is 5.32 Å². The predicted octanol–water partition coefficient (Wildman–Crippen LogP) is 4.34. The summed E-state index contributed by atoms with van der Waals surface area (Å²) in [7, 11) is 0. The lowest BCUT2D eigenvalue weighted by Crippen LogP contribution is -2.25. The van der Waals surface area contributed by atoms with Crippen LogP contribution in [0.25, 0.3) is 0 Å². The number of halogens is 5. The van der Waals surface area contributed by atoms with Gasteiger partial charge in [-0.15, -0.1) is 0 Å². The van der Waals surface area contributed by atoms with E-state index in [-0.39, 0.29) is 12.0 Å². The minimum absolute atomic E-state index is 0.277. The summed E-state index contributed by atoms with van der Waals surface area (Å²) >= 11 is 3.44. The van der Waals surface area contributed by atoms with Gasteiger partial charge in [0.15, 0.2) is 17.5 Å². The second kappa shape index (κ2) is 8.58. The molecule has 0 saturated heterocycles. The van der Waals surface area contributed by atoms with Crippen molar-refractivity contribution in [1.29, 1.82) is 0 Å². The number of carbonyl (C=O) groups is 1. The Morgan fingerprint density at radius 2 is 1.90 bits per heavy atom. The molecule has 0 spiro atoms. The van der Waals surface area contributed by atoms with Crippen LogP contribution in [0.5, 0.6) is 0 Å². The van der Waals surface area contributed by atoms with Crippen molar-refractivity contribution in [2.24, 2.45) is 5.92 Å². The van der Waals surface area contributed by atoms with E-state index in [4.69, 9.17) is 0 Å². The van der Waals surface area contributed by atoms with Gasteiger partial charge in [-0.2, -0.15) is 10.2 Å². The Morgan fingerprint density at radius 1 is 1.20 bits per heavy atom. The van der Waals surface area contributed by atoms with Gasteiger partial charge in [-0.3, -0.25) is 14.2 Å². The van der Waals surface area contributed by atoms with Gasteiger partial charge in [0.2, 0.25) is 5.91 Å². The number of hydrogen-bond acceptors (Lipinski definition) is 3. The molecule has 3 rings (SSSR count). The molecular formula is C19H18BrF4N5O. The van der Waals surface area contributed by atoms with E-state index < -0.39 is 41.3 Å². The third-order valence-electron chi connectivity index (χ3n) is 4.62. The summed E-state index contributed by atoms with van der Waals surface area (Å²) in [6.07, 6.45) is 2.63. The van der Waals surface area contributed by atoms with Gasteiger partial charge in [-0.25, -0.2) is 17.6 Å². The Morgan fingerprint density at radius 3 is 2.53 bits per heavy atom. The first-order valence-corrected chi connectivity index (χ1v) is 9.72. The van der Waals surface area contributed by atoms with E-state index in [1.807, 2.05) is 13.8 Å². The molecule has 3 aromatic rings. The molecule has 30 heavy (non-hydrogen) atoms. The number of anilines is 1. The first kappa shape index (κ1) is 22.0. The summed E-state index contributed by atoms with van der Waals surface area (Å²) in [5.41, 5.74) is 1.34. The molecule has 160 valence electrons. The van der Waals surface area contributed by atoms with E-state index in [9.17, 15) is 22.4 Å². The van der Waals surface area contributed by atoms with E-state index >= 15 is 0 Å². The summed E-state index contributed by atoms with van der Waals surface area (Å²) in [6, 6.07) is 0.277. The lowest BCUT2D eigenvalue weighted by Gasteiger charge is -2.12. The molecule has 1 atom stereocenters. The molecule has 1 unspecified atom stereocenters. The highest BCUT2D eigenvalue weighted by Crippen LogP contribution is 2.22. The molecule has 0 aliphatic rings. The van der Waals surface area contributed by atoms with Crippen LogP contribution < -0.4 is 5.32 Å². The first-order chi connectivity index (χ1) is 14.1. The van der Waals surface area contributed by atoms with Crippen LogP contribution in [0.3, 0.4) is 0 Å². The van der Waals surface area contributed by atoms with Crippen LogP contribution in [-0.4, -0.2) is 25.5 Å². The fraction of sp³-hybridized carbons (Fsp3) is 0.316. The highest BCUT2D eigenvalue weighted by molar-refractivity contribution is 9.10. The largest absolute Gasteiger partial charge is 0.323 e. The Kier molecular flexibility index (Phi) is 6.30. The molecule has 2 aromatic heterocycles. The number of aryl methyl sites for hydroxylation is 1. The molecule has 0 bridgehead atoms. The SMILES string of the molecule is Cc1nn(CC(C)C(=O)Nc2cnn(Cc3c(F)cc(F)c(F)c3F)c2)c(C)c1Br. The minimum atomic E-state index is -1.75. The van der Waals surface area contributed by atoms with E-state index in [2.05, 4.69) is 31.4 Å². The molecule has 1 aromatic carbocycles. The molecule has 0 fully saturated rings. The molecular weight excluding hydrogens is 470 g/mol. The zero-order valence-electron chi connectivity index (χ0n) is 16.3. The second-order valence-corrected chi connectivity index (χ2v) is 7.72. The maximum atomic E-state index is 13.8.